The molecule has 0 saturated heterocycles. The molecule has 0 N–H and O–H groups in total. The molecule has 0 atom stereocenters. The van der Waals surface area contributed by atoms with E-state index in [0.29, 0.717) is 17.6 Å². The summed E-state index contributed by atoms with van der Waals surface area (Å²) in [4.78, 5) is 25.5. The largest absolute Gasteiger partial charge is 0.489 e. The molecule has 0 radical (unpaired) electrons. The molecule has 0 aromatic carbocycles. The van der Waals surface area contributed by atoms with Gasteiger partial charge >= 0.3 is 0 Å². The number of carbonyl (C=O) groups is 2. The van der Waals surface area contributed by atoms with Crippen LogP contribution in [0.25, 0.3) is 0 Å². The van der Waals surface area contributed by atoms with Gasteiger partial charge in [0.05, 0.1) is 14.2 Å². The number of hydrogen-bond acceptors (Lipinski definition) is 4. The van der Waals surface area contributed by atoms with E-state index < -0.39 is 0 Å². The minimum Gasteiger partial charge on any atom is -0.489 e. The third-order valence-corrected chi connectivity index (χ3v) is 10.0. The van der Waals surface area contributed by atoms with Gasteiger partial charge in [-0.25, -0.2) is 0 Å². The van der Waals surface area contributed by atoms with Gasteiger partial charge in [-0.15, -0.1) is 0 Å². The van der Waals surface area contributed by atoms with Gasteiger partial charge in [0, 0.05) is 11.1 Å². The molecule has 0 amide bonds. The lowest BCUT2D eigenvalue weighted by atomic mass is 9.89. The van der Waals surface area contributed by atoms with Crippen molar-refractivity contribution in [1.82, 2.24) is 0 Å². The maximum absolute atomic E-state index is 12.9. The molecule has 294 valence electrons. The molecule has 53 heavy (non-hydrogen) atoms. The van der Waals surface area contributed by atoms with Crippen LogP contribution in [0, 0.1) is 0 Å². The Balaban J connectivity index is 2.35. The molecule has 0 aromatic heterocycles. The fourth-order valence-corrected chi connectivity index (χ4v) is 6.31. The highest BCUT2D eigenvalue weighted by atomic mass is 16.5. The van der Waals surface area contributed by atoms with Crippen LogP contribution >= 0.6 is 0 Å². The lowest BCUT2D eigenvalue weighted by Gasteiger charge is -2.20. The van der Waals surface area contributed by atoms with Crippen molar-refractivity contribution in [2.24, 2.45) is 0 Å². The zero-order valence-corrected chi connectivity index (χ0v) is 35.9. The summed E-state index contributed by atoms with van der Waals surface area (Å²) in [6, 6.07) is 0. The predicted molar refractivity (Wildman–Crippen MR) is 229 cm³/mol. The fourth-order valence-electron chi connectivity index (χ4n) is 6.31. The molecule has 0 bridgehead atoms. The Morgan fingerprint density at radius 1 is 0.434 bits per heavy atom. The maximum Gasteiger partial charge on any atom is 0.228 e. The van der Waals surface area contributed by atoms with Crippen LogP contribution in [-0.4, -0.2) is 25.8 Å². The van der Waals surface area contributed by atoms with E-state index in [1.54, 1.807) is 6.92 Å². The van der Waals surface area contributed by atoms with Crippen LogP contribution in [0.3, 0.4) is 0 Å². The normalized spacial score (nSPS) is 15.9. The van der Waals surface area contributed by atoms with E-state index in [-0.39, 0.29) is 23.1 Å². The van der Waals surface area contributed by atoms with E-state index >= 15 is 0 Å². The number of ether oxygens (including phenoxy) is 2. The van der Waals surface area contributed by atoms with Gasteiger partial charge < -0.3 is 9.47 Å². The third kappa shape index (κ3) is 20.4. The summed E-state index contributed by atoms with van der Waals surface area (Å²) >= 11 is 0. The van der Waals surface area contributed by atoms with Crippen molar-refractivity contribution < 1.29 is 19.1 Å². The van der Waals surface area contributed by atoms with Gasteiger partial charge in [-0.1, -0.05) is 93.2 Å². The molecule has 1 aliphatic carbocycles. The Hall–Kier alpha value is -3.66. The van der Waals surface area contributed by atoms with Crippen molar-refractivity contribution >= 4 is 11.6 Å². The molecular weight excluding hydrogens is 653 g/mol. The van der Waals surface area contributed by atoms with E-state index in [2.05, 4.69) is 111 Å². The second kappa shape index (κ2) is 27.0. The Morgan fingerprint density at radius 3 is 1.08 bits per heavy atom. The molecule has 0 saturated carbocycles. The van der Waals surface area contributed by atoms with E-state index in [1.165, 1.54) is 71.6 Å². The topological polar surface area (TPSA) is 52.6 Å². The van der Waals surface area contributed by atoms with Crippen molar-refractivity contribution in [3.63, 3.8) is 0 Å². The number of ketones is 2. The zero-order chi connectivity index (χ0) is 39.8. The quantitative estimate of drug-likeness (QED) is 0.0694. The van der Waals surface area contributed by atoms with Gasteiger partial charge in [-0.2, -0.15) is 0 Å². The number of rotatable bonds is 25. The molecule has 0 unspecified atom stereocenters. The van der Waals surface area contributed by atoms with Crippen molar-refractivity contribution in [1.29, 1.82) is 0 Å². The highest BCUT2D eigenvalue weighted by Crippen LogP contribution is 2.29. The van der Waals surface area contributed by atoms with E-state index in [4.69, 9.17) is 9.47 Å². The summed E-state index contributed by atoms with van der Waals surface area (Å²) in [7, 11) is 2.78. The first-order valence-corrected chi connectivity index (χ1v) is 20.0. The van der Waals surface area contributed by atoms with Crippen molar-refractivity contribution in [2.45, 2.75) is 166 Å². The van der Waals surface area contributed by atoms with E-state index in [9.17, 15) is 9.59 Å². The Kier molecular flexibility index (Phi) is 24.1. The first-order valence-electron chi connectivity index (χ1n) is 20.0. The first-order chi connectivity index (χ1) is 25.2. The van der Waals surface area contributed by atoms with Gasteiger partial charge in [0.15, 0.2) is 0 Å². The van der Waals surface area contributed by atoms with Gasteiger partial charge in [-0.05, 0) is 166 Å². The summed E-state index contributed by atoms with van der Waals surface area (Å²) in [5.74, 6) is -0.528. The van der Waals surface area contributed by atoms with Crippen LogP contribution in [0.15, 0.2) is 116 Å². The highest BCUT2D eigenvalue weighted by Gasteiger charge is 2.34. The number of hydrogen-bond donors (Lipinski definition) is 0. The molecule has 0 fully saturated rings. The zero-order valence-electron chi connectivity index (χ0n) is 35.9. The van der Waals surface area contributed by atoms with Crippen molar-refractivity contribution in [2.75, 3.05) is 14.2 Å². The highest BCUT2D eigenvalue weighted by molar-refractivity contribution is 6.23. The summed E-state index contributed by atoms with van der Waals surface area (Å²) < 4.78 is 10.3. The second-order valence-corrected chi connectivity index (χ2v) is 15.4. The van der Waals surface area contributed by atoms with Crippen LogP contribution in [0.4, 0.5) is 0 Å². The molecule has 0 aromatic rings. The predicted octanol–water partition coefficient (Wildman–Crippen LogP) is 14.4. The van der Waals surface area contributed by atoms with E-state index in [0.717, 1.165) is 77.0 Å². The molecular formula is C49H74O4. The van der Waals surface area contributed by atoms with Crippen LogP contribution in [0.1, 0.15) is 166 Å². The number of methoxy groups -OCH3 is 2. The number of allylic oxidation sites excluding steroid dienone is 18. The lowest BCUT2D eigenvalue weighted by molar-refractivity contribution is -0.121. The Labute approximate surface area is 325 Å². The second-order valence-electron chi connectivity index (χ2n) is 15.4. The summed E-state index contributed by atoms with van der Waals surface area (Å²) in [5.41, 5.74) is 12.5. The third-order valence-electron chi connectivity index (χ3n) is 10.0. The number of carbonyl (C=O) groups excluding carboxylic acids is 2. The van der Waals surface area contributed by atoms with Crippen LogP contribution in [0.5, 0.6) is 0 Å². The minimum atomic E-state index is -0.274. The van der Waals surface area contributed by atoms with E-state index in [1.807, 2.05) is 0 Å². The van der Waals surface area contributed by atoms with Gasteiger partial charge in [0.1, 0.15) is 0 Å². The standard InChI is InChI=1S/C49H74O4/c1-36(2)20-13-21-37(3)22-14-23-38(4)24-15-25-39(5)26-16-27-40(6)28-17-29-41(7)30-18-31-42(8)32-19-33-43(9)34-35-45-44(10)46(50)48(52-11)49(53-12)47(45)51/h20,22,24,26,28,30,32-33H,13-19,21,23,25,27,29,31,34-35H2,1-12H3/b37-22+,38-24+,39-26+,40-28?,41-30+,42-32+,43-33?. The van der Waals surface area contributed by atoms with Crippen LogP contribution in [-0.2, 0) is 19.1 Å². The summed E-state index contributed by atoms with van der Waals surface area (Å²) in [6.07, 6.45) is 34.6. The number of Topliss-reactive ketones (excluding diaryl/α,β-unsaturated/α-hetero) is 2. The fraction of sp³-hybridized carbons (Fsp3) is 0.551. The average Bonchev–Trinajstić information content (AvgIpc) is 3.09. The van der Waals surface area contributed by atoms with Crippen molar-refractivity contribution in [3.8, 4) is 0 Å². The molecule has 0 spiro atoms. The molecule has 4 nitrogen and oxygen atoms in total. The van der Waals surface area contributed by atoms with Gasteiger partial charge in [-0.3, -0.25) is 9.59 Å². The average molecular weight is 727 g/mol. The maximum atomic E-state index is 12.9. The van der Waals surface area contributed by atoms with Gasteiger partial charge in [0.25, 0.3) is 0 Å². The smallest absolute Gasteiger partial charge is 0.228 e. The monoisotopic (exact) mass is 727 g/mol. The molecule has 0 heterocycles. The Bertz CT molecular complexity index is 1520. The minimum absolute atomic E-state index is 0.00340. The van der Waals surface area contributed by atoms with Crippen LogP contribution in [0.2, 0.25) is 0 Å². The molecule has 4 heteroatoms. The van der Waals surface area contributed by atoms with Crippen molar-refractivity contribution in [3.05, 3.63) is 116 Å². The summed E-state index contributed by atoms with van der Waals surface area (Å²) in [6.45, 7) is 21.7. The molecule has 0 aliphatic heterocycles. The van der Waals surface area contributed by atoms with Crippen LogP contribution < -0.4 is 0 Å². The lowest BCUT2D eigenvalue weighted by Crippen LogP contribution is -2.25. The Morgan fingerprint density at radius 2 is 0.736 bits per heavy atom. The molecule has 1 rings (SSSR count). The molecule has 1 aliphatic rings. The first kappa shape index (κ1) is 47.4. The van der Waals surface area contributed by atoms with Gasteiger partial charge in [0.2, 0.25) is 23.1 Å². The summed E-state index contributed by atoms with van der Waals surface area (Å²) in [5, 5.41) is 0. The SMILES string of the molecule is COC1=C(OC)C(=O)C(CCC(C)=CC/C=C(\C)CC/C=C(\C)CCC=C(C)CC/C=C(\C)CC/C=C(\C)CC/C=C(\C)CCC=C(C)C)=C(C)C1=O.